The lowest BCUT2D eigenvalue weighted by atomic mass is 9.80. The van der Waals surface area contributed by atoms with Crippen LogP contribution in [0.5, 0.6) is 17.2 Å². The van der Waals surface area contributed by atoms with Gasteiger partial charge < -0.3 is 19.2 Å². The number of hydrogen-bond acceptors (Lipinski definition) is 4. The first-order chi connectivity index (χ1) is 18.1. The van der Waals surface area contributed by atoms with Crippen LogP contribution in [0.1, 0.15) is 59.8 Å². The lowest BCUT2D eigenvalue weighted by Gasteiger charge is -2.46. The molecule has 2 atom stereocenters. The van der Waals surface area contributed by atoms with E-state index in [9.17, 15) is 4.39 Å². The number of fused-ring (bicyclic) bond motifs is 6. The predicted octanol–water partition coefficient (Wildman–Crippen LogP) is 6.75. The maximum Gasteiger partial charge on any atom is 0.161 e. The van der Waals surface area contributed by atoms with Gasteiger partial charge in [-0.2, -0.15) is 0 Å². The number of benzene rings is 3. The number of halogens is 1. The molecular formula is C31H33FN2O3. The molecule has 37 heavy (non-hydrogen) atoms. The summed E-state index contributed by atoms with van der Waals surface area (Å²) in [6.07, 6.45) is 3.89. The maximum atomic E-state index is 13.9. The SMILES string of the molecule is CCCCOc1cc2c(cc1OC)C1Cc3c([nH]c4ccc(OC)cc34)C(c3ccc(F)cc3)N1CC2. The number of hydrogen-bond donors (Lipinski definition) is 1. The molecule has 1 aromatic heterocycles. The molecule has 0 spiro atoms. The second-order valence-electron chi connectivity index (χ2n) is 9.99. The summed E-state index contributed by atoms with van der Waals surface area (Å²) in [6.45, 7) is 3.75. The van der Waals surface area contributed by atoms with Crippen molar-refractivity contribution in [3.8, 4) is 17.2 Å². The van der Waals surface area contributed by atoms with E-state index in [4.69, 9.17) is 14.2 Å². The Balaban J connectivity index is 1.49. The Morgan fingerprint density at radius 1 is 1.00 bits per heavy atom. The molecule has 0 bridgehead atoms. The normalized spacial score (nSPS) is 18.7. The molecule has 0 saturated heterocycles. The molecule has 3 heterocycles. The number of rotatable bonds is 7. The molecule has 0 amide bonds. The van der Waals surface area contributed by atoms with Crippen LogP contribution in [0.2, 0.25) is 0 Å². The molecule has 0 saturated carbocycles. The van der Waals surface area contributed by atoms with Crippen LogP contribution in [0.15, 0.2) is 54.6 Å². The Labute approximate surface area is 217 Å². The van der Waals surface area contributed by atoms with E-state index in [1.807, 2.05) is 18.2 Å². The van der Waals surface area contributed by atoms with E-state index >= 15 is 0 Å². The smallest absolute Gasteiger partial charge is 0.161 e. The van der Waals surface area contributed by atoms with Crippen molar-refractivity contribution in [2.45, 2.75) is 44.7 Å². The van der Waals surface area contributed by atoms with Crippen LogP contribution in [-0.4, -0.2) is 37.3 Å². The number of nitrogens with one attached hydrogen (secondary N) is 1. The molecule has 1 N–H and O–H groups in total. The molecule has 6 heteroatoms. The Morgan fingerprint density at radius 2 is 1.84 bits per heavy atom. The van der Waals surface area contributed by atoms with E-state index in [1.54, 1.807) is 26.4 Å². The van der Waals surface area contributed by atoms with E-state index in [0.717, 1.165) is 60.6 Å². The number of aromatic nitrogens is 1. The summed E-state index contributed by atoms with van der Waals surface area (Å²) in [5.74, 6) is 2.23. The third-order valence-corrected chi connectivity index (χ3v) is 7.91. The zero-order valence-corrected chi connectivity index (χ0v) is 21.6. The standard InChI is InChI=1S/C31H33FN2O3/c1-4-5-14-37-29-15-20-12-13-34-27(23(20)18-28(29)36-3)17-25-24-16-22(35-2)10-11-26(24)33-30(25)31(34)19-6-8-21(32)9-7-19/h6-11,15-16,18,27,31,33H,4-5,12-14,17H2,1-3H3. The molecule has 0 aliphatic carbocycles. The summed E-state index contributed by atoms with van der Waals surface area (Å²) < 4.78 is 31.4. The molecule has 2 aliphatic rings. The molecule has 3 aromatic carbocycles. The minimum absolute atomic E-state index is 0.00706. The Bertz CT molecular complexity index is 1430. The second-order valence-corrected chi connectivity index (χ2v) is 9.99. The molecule has 6 rings (SSSR count). The Kier molecular flexibility index (Phi) is 6.29. The van der Waals surface area contributed by atoms with Crippen molar-refractivity contribution in [1.29, 1.82) is 0 Å². The quantitative estimate of drug-likeness (QED) is 0.285. The first-order valence-electron chi connectivity index (χ1n) is 13.1. The molecule has 2 unspecified atom stereocenters. The number of aromatic amines is 1. The lowest BCUT2D eigenvalue weighted by molar-refractivity contribution is 0.127. The summed E-state index contributed by atoms with van der Waals surface area (Å²) in [6, 6.07) is 17.7. The van der Waals surface area contributed by atoms with Crippen LogP contribution in [0.25, 0.3) is 10.9 Å². The van der Waals surface area contributed by atoms with Crippen LogP contribution >= 0.6 is 0 Å². The van der Waals surface area contributed by atoms with Gasteiger partial charge in [0.25, 0.3) is 0 Å². The van der Waals surface area contributed by atoms with Crippen LogP contribution in [0.3, 0.4) is 0 Å². The van der Waals surface area contributed by atoms with Gasteiger partial charge in [0.15, 0.2) is 11.5 Å². The highest BCUT2D eigenvalue weighted by Crippen LogP contribution is 2.50. The molecular weight excluding hydrogens is 467 g/mol. The largest absolute Gasteiger partial charge is 0.497 e. The van der Waals surface area contributed by atoms with Gasteiger partial charge in [0.1, 0.15) is 11.6 Å². The zero-order valence-electron chi connectivity index (χ0n) is 21.6. The molecule has 2 aliphatic heterocycles. The van der Waals surface area contributed by atoms with Gasteiger partial charge in [-0.05, 0) is 84.0 Å². The molecule has 192 valence electrons. The van der Waals surface area contributed by atoms with E-state index in [-0.39, 0.29) is 17.9 Å². The second kappa shape index (κ2) is 9.75. The van der Waals surface area contributed by atoms with Crippen molar-refractivity contribution in [3.05, 3.63) is 88.4 Å². The van der Waals surface area contributed by atoms with Gasteiger partial charge in [-0.1, -0.05) is 25.5 Å². The fourth-order valence-electron chi connectivity index (χ4n) is 6.05. The summed E-state index contributed by atoms with van der Waals surface area (Å²) >= 11 is 0. The summed E-state index contributed by atoms with van der Waals surface area (Å²) in [4.78, 5) is 6.27. The predicted molar refractivity (Wildman–Crippen MR) is 143 cm³/mol. The van der Waals surface area contributed by atoms with Crippen LogP contribution in [0, 0.1) is 5.82 Å². The van der Waals surface area contributed by atoms with Crippen molar-refractivity contribution >= 4 is 10.9 Å². The van der Waals surface area contributed by atoms with Crippen molar-refractivity contribution < 1.29 is 18.6 Å². The monoisotopic (exact) mass is 500 g/mol. The van der Waals surface area contributed by atoms with Gasteiger partial charge in [0.2, 0.25) is 0 Å². The van der Waals surface area contributed by atoms with E-state index in [1.165, 1.54) is 27.8 Å². The molecule has 0 radical (unpaired) electrons. The number of H-pyrrole nitrogens is 1. The summed E-state index contributed by atoms with van der Waals surface area (Å²) in [5, 5.41) is 1.18. The minimum Gasteiger partial charge on any atom is -0.497 e. The number of nitrogens with zero attached hydrogens (tertiary/aromatic N) is 1. The van der Waals surface area contributed by atoms with E-state index in [0.29, 0.717) is 6.61 Å². The fourth-order valence-corrected chi connectivity index (χ4v) is 6.05. The van der Waals surface area contributed by atoms with E-state index < -0.39 is 0 Å². The average molecular weight is 501 g/mol. The minimum atomic E-state index is -0.220. The first kappa shape index (κ1) is 23.9. The average Bonchev–Trinajstić information content (AvgIpc) is 3.29. The number of ether oxygens (including phenoxy) is 3. The van der Waals surface area contributed by atoms with Crippen molar-refractivity contribution in [1.82, 2.24) is 9.88 Å². The van der Waals surface area contributed by atoms with Gasteiger partial charge in [-0.3, -0.25) is 4.90 Å². The first-order valence-corrected chi connectivity index (χ1v) is 13.1. The highest BCUT2D eigenvalue weighted by atomic mass is 19.1. The number of methoxy groups -OCH3 is 2. The van der Waals surface area contributed by atoms with E-state index in [2.05, 4.69) is 41.1 Å². The highest BCUT2D eigenvalue weighted by molar-refractivity contribution is 5.87. The van der Waals surface area contributed by atoms with Crippen molar-refractivity contribution in [2.75, 3.05) is 27.4 Å². The highest BCUT2D eigenvalue weighted by Gasteiger charge is 2.41. The lowest BCUT2D eigenvalue weighted by Crippen LogP contribution is -2.43. The molecule has 0 fully saturated rings. The number of unbranched alkanes of at least 4 members (excludes halogenated alkanes) is 1. The Hall–Kier alpha value is -3.51. The van der Waals surface area contributed by atoms with Crippen molar-refractivity contribution in [3.63, 3.8) is 0 Å². The van der Waals surface area contributed by atoms with Gasteiger partial charge in [-0.15, -0.1) is 0 Å². The maximum absolute atomic E-state index is 13.9. The van der Waals surface area contributed by atoms with Gasteiger partial charge in [0.05, 0.1) is 26.9 Å². The fraction of sp³-hybridized carbons (Fsp3) is 0.355. The Morgan fingerprint density at radius 3 is 2.59 bits per heavy atom. The van der Waals surface area contributed by atoms with Crippen LogP contribution < -0.4 is 14.2 Å². The zero-order chi connectivity index (χ0) is 25.5. The van der Waals surface area contributed by atoms with Gasteiger partial charge in [0, 0.05) is 29.2 Å². The van der Waals surface area contributed by atoms with Gasteiger partial charge in [-0.25, -0.2) is 4.39 Å². The van der Waals surface area contributed by atoms with Crippen LogP contribution in [0.4, 0.5) is 4.39 Å². The third-order valence-electron chi connectivity index (χ3n) is 7.91. The van der Waals surface area contributed by atoms with Crippen LogP contribution in [-0.2, 0) is 12.8 Å². The summed E-state index contributed by atoms with van der Waals surface area (Å²) in [5.41, 5.74) is 7.24. The summed E-state index contributed by atoms with van der Waals surface area (Å²) in [7, 11) is 3.41. The van der Waals surface area contributed by atoms with Crippen molar-refractivity contribution in [2.24, 2.45) is 0 Å². The third kappa shape index (κ3) is 4.13. The van der Waals surface area contributed by atoms with Gasteiger partial charge >= 0.3 is 0 Å². The topological polar surface area (TPSA) is 46.7 Å². The molecule has 5 nitrogen and oxygen atoms in total. The molecule has 4 aromatic rings.